The van der Waals surface area contributed by atoms with E-state index < -0.39 is 12.1 Å². The van der Waals surface area contributed by atoms with E-state index in [2.05, 4.69) is 15.0 Å². The number of alkyl halides is 3. The van der Waals surface area contributed by atoms with Gasteiger partial charge in [-0.05, 0) is 55.0 Å². The maximum atomic E-state index is 13.1. The van der Waals surface area contributed by atoms with Crippen LogP contribution in [-0.2, 0) is 0 Å². The average molecular weight is 468 g/mol. The van der Waals surface area contributed by atoms with Crippen LogP contribution >= 0.6 is 0 Å². The summed E-state index contributed by atoms with van der Waals surface area (Å²) in [6.07, 6.45) is -1.32. The van der Waals surface area contributed by atoms with E-state index in [0.717, 1.165) is 12.6 Å². The highest BCUT2D eigenvalue weighted by Gasteiger charge is 2.37. The van der Waals surface area contributed by atoms with Gasteiger partial charge in [0.25, 0.3) is 5.56 Å². The van der Waals surface area contributed by atoms with Crippen LogP contribution < -0.4 is 19.9 Å². The van der Waals surface area contributed by atoms with Crippen LogP contribution in [0.3, 0.4) is 0 Å². The van der Waals surface area contributed by atoms with Crippen molar-refractivity contribution in [2.45, 2.75) is 19.0 Å². The van der Waals surface area contributed by atoms with Crippen molar-refractivity contribution in [3.63, 3.8) is 0 Å². The molecule has 7 nitrogen and oxygen atoms in total. The normalized spacial score (nSPS) is 14.4. The third-order valence-corrected chi connectivity index (χ3v) is 5.69. The van der Waals surface area contributed by atoms with Crippen molar-refractivity contribution >= 4 is 22.3 Å². The predicted molar refractivity (Wildman–Crippen MR) is 120 cm³/mol. The Morgan fingerprint density at radius 3 is 2.71 bits per heavy atom. The fourth-order valence-electron chi connectivity index (χ4n) is 3.79. The number of hydrogen-bond acceptors (Lipinski definition) is 6. The summed E-state index contributed by atoms with van der Waals surface area (Å²) < 4.78 is 50.7. The predicted octanol–water partition coefficient (Wildman–Crippen LogP) is 5.31. The SMILES string of the molecule is CC(c1ccc2c(c1)OCCN2c1ccc(Oc2nc3cnccc3c(=O)[nH]2)cc1)C(F)(F)F. The maximum Gasteiger partial charge on any atom is 0.395 e. The summed E-state index contributed by atoms with van der Waals surface area (Å²) in [7, 11) is 0. The van der Waals surface area contributed by atoms with Gasteiger partial charge in [0.05, 0.1) is 35.2 Å². The van der Waals surface area contributed by atoms with Gasteiger partial charge in [-0.15, -0.1) is 0 Å². The number of anilines is 2. The fraction of sp³-hybridized carbons (Fsp3) is 0.208. The van der Waals surface area contributed by atoms with Crippen LogP contribution in [0.25, 0.3) is 10.9 Å². The Morgan fingerprint density at radius 2 is 1.94 bits per heavy atom. The third-order valence-electron chi connectivity index (χ3n) is 5.69. The van der Waals surface area contributed by atoms with Gasteiger partial charge >= 0.3 is 12.2 Å². The molecule has 0 saturated heterocycles. The van der Waals surface area contributed by atoms with Crippen LogP contribution in [0.4, 0.5) is 24.5 Å². The molecule has 3 heterocycles. The summed E-state index contributed by atoms with van der Waals surface area (Å²) in [4.78, 5) is 25.0. The Bertz CT molecular complexity index is 1400. The molecule has 2 aromatic carbocycles. The van der Waals surface area contributed by atoms with E-state index in [1.54, 1.807) is 24.3 Å². The molecule has 174 valence electrons. The summed E-state index contributed by atoms with van der Waals surface area (Å²) in [6, 6.07) is 13.3. The van der Waals surface area contributed by atoms with E-state index in [1.165, 1.54) is 24.5 Å². The van der Waals surface area contributed by atoms with Gasteiger partial charge < -0.3 is 14.4 Å². The average Bonchev–Trinajstić information content (AvgIpc) is 2.83. The van der Waals surface area contributed by atoms with Crippen molar-refractivity contribution in [1.82, 2.24) is 15.0 Å². The molecule has 1 unspecified atom stereocenters. The lowest BCUT2D eigenvalue weighted by molar-refractivity contribution is -0.146. The molecule has 2 aromatic heterocycles. The second-order valence-electron chi connectivity index (χ2n) is 7.85. The number of rotatable bonds is 4. The highest BCUT2D eigenvalue weighted by molar-refractivity contribution is 5.76. The van der Waals surface area contributed by atoms with Gasteiger partial charge in [0.2, 0.25) is 0 Å². The van der Waals surface area contributed by atoms with Gasteiger partial charge in [-0.3, -0.25) is 14.8 Å². The number of hydrogen-bond donors (Lipinski definition) is 1. The molecular formula is C24H19F3N4O3. The molecule has 1 aliphatic rings. The number of halogens is 3. The molecule has 0 fully saturated rings. The van der Waals surface area contributed by atoms with E-state index in [1.807, 2.05) is 17.0 Å². The summed E-state index contributed by atoms with van der Waals surface area (Å²) in [5, 5.41) is 0.413. The molecule has 0 spiro atoms. The summed E-state index contributed by atoms with van der Waals surface area (Å²) in [5.74, 6) is -0.719. The Hall–Kier alpha value is -4.08. The minimum absolute atomic E-state index is 0.0429. The highest BCUT2D eigenvalue weighted by atomic mass is 19.4. The van der Waals surface area contributed by atoms with Crippen LogP contribution in [0, 0.1) is 0 Å². The Labute approximate surface area is 191 Å². The van der Waals surface area contributed by atoms with Gasteiger partial charge in [-0.25, -0.2) is 0 Å². The van der Waals surface area contributed by atoms with E-state index in [0.29, 0.717) is 41.2 Å². The molecule has 1 aliphatic heterocycles. The van der Waals surface area contributed by atoms with Gasteiger partial charge in [-0.1, -0.05) is 6.07 Å². The number of aromatic amines is 1. The molecule has 0 radical (unpaired) electrons. The molecule has 0 amide bonds. The number of pyridine rings is 1. The summed E-state index contributed by atoms with van der Waals surface area (Å²) in [5.41, 5.74) is 1.75. The third kappa shape index (κ3) is 4.14. The number of benzene rings is 2. The summed E-state index contributed by atoms with van der Waals surface area (Å²) in [6.45, 7) is 2.01. The molecule has 5 rings (SSSR count). The number of nitrogens with one attached hydrogen (secondary N) is 1. The zero-order valence-corrected chi connectivity index (χ0v) is 18.0. The number of nitrogens with zero attached hydrogens (tertiary/aromatic N) is 3. The first-order valence-electron chi connectivity index (χ1n) is 10.5. The monoisotopic (exact) mass is 468 g/mol. The van der Waals surface area contributed by atoms with Gasteiger partial charge in [-0.2, -0.15) is 18.2 Å². The number of H-pyrrole nitrogens is 1. The molecule has 0 saturated carbocycles. The smallest absolute Gasteiger partial charge is 0.395 e. The van der Waals surface area contributed by atoms with Crippen LogP contribution in [0.1, 0.15) is 18.4 Å². The zero-order valence-electron chi connectivity index (χ0n) is 18.0. The molecular weight excluding hydrogens is 449 g/mol. The summed E-state index contributed by atoms with van der Waals surface area (Å²) >= 11 is 0. The van der Waals surface area contributed by atoms with Gasteiger partial charge in [0.1, 0.15) is 18.1 Å². The Balaban J connectivity index is 1.38. The minimum atomic E-state index is -4.32. The van der Waals surface area contributed by atoms with Gasteiger partial charge in [0.15, 0.2) is 0 Å². The van der Waals surface area contributed by atoms with Crippen molar-refractivity contribution in [2.75, 3.05) is 18.1 Å². The molecule has 4 aromatic rings. The first kappa shape index (κ1) is 21.7. The first-order chi connectivity index (χ1) is 16.3. The van der Waals surface area contributed by atoms with Crippen LogP contribution in [0.2, 0.25) is 0 Å². The molecule has 10 heteroatoms. The van der Waals surface area contributed by atoms with Crippen LogP contribution in [0.5, 0.6) is 17.5 Å². The lowest BCUT2D eigenvalue weighted by Gasteiger charge is -2.32. The van der Waals surface area contributed by atoms with Crippen molar-refractivity contribution in [3.05, 3.63) is 76.8 Å². The lowest BCUT2D eigenvalue weighted by Crippen LogP contribution is -2.28. The van der Waals surface area contributed by atoms with E-state index in [-0.39, 0.29) is 17.1 Å². The highest BCUT2D eigenvalue weighted by Crippen LogP contribution is 2.42. The molecule has 0 aliphatic carbocycles. The number of aromatic nitrogens is 3. The van der Waals surface area contributed by atoms with E-state index in [9.17, 15) is 18.0 Å². The van der Waals surface area contributed by atoms with E-state index >= 15 is 0 Å². The number of ether oxygens (including phenoxy) is 2. The minimum Gasteiger partial charge on any atom is -0.490 e. The standard InChI is InChI=1S/C24H19F3N4O3/c1-14(24(25,26)27)15-2-7-20-21(12-15)33-11-10-31(20)16-3-5-17(6-4-16)34-23-29-19-13-28-9-8-18(19)22(32)30-23/h2-9,12-14H,10-11H2,1H3,(H,29,30,32). The molecule has 34 heavy (non-hydrogen) atoms. The van der Waals surface area contributed by atoms with Crippen molar-refractivity contribution in [3.8, 4) is 17.5 Å². The van der Waals surface area contributed by atoms with Crippen molar-refractivity contribution < 1.29 is 22.6 Å². The lowest BCUT2D eigenvalue weighted by atomic mass is 9.99. The van der Waals surface area contributed by atoms with Crippen LogP contribution in [-0.4, -0.2) is 34.3 Å². The van der Waals surface area contributed by atoms with Crippen molar-refractivity contribution in [2.24, 2.45) is 0 Å². The maximum absolute atomic E-state index is 13.1. The van der Waals surface area contributed by atoms with Gasteiger partial charge in [0, 0.05) is 11.9 Å². The largest absolute Gasteiger partial charge is 0.490 e. The zero-order chi connectivity index (χ0) is 23.9. The first-order valence-corrected chi connectivity index (χ1v) is 10.5. The molecule has 1 atom stereocenters. The Morgan fingerprint density at radius 1 is 1.15 bits per heavy atom. The number of fused-ring (bicyclic) bond motifs is 2. The Kier molecular flexibility index (Phi) is 5.35. The second kappa shape index (κ2) is 8.36. The fourth-order valence-corrected chi connectivity index (χ4v) is 3.79. The second-order valence-corrected chi connectivity index (χ2v) is 7.85. The van der Waals surface area contributed by atoms with Crippen LogP contribution in [0.15, 0.2) is 65.7 Å². The molecule has 0 bridgehead atoms. The quantitative estimate of drug-likeness (QED) is 0.438. The molecule has 1 N–H and O–H groups in total. The van der Waals surface area contributed by atoms with Crippen molar-refractivity contribution in [1.29, 1.82) is 0 Å². The van der Waals surface area contributed by atoms with E-state index in [4.69, 9.17) is 9.47 Å². The topological polar surface area (TPSA) is 80.3 Å².